The molecule has 0 aromatic heterocycles. The molecule has 0 radical (unpaired) electrons. The third kappa shape index (κ3) is 3.96. The van der Waals surface area contributed by atoms with Crippen molar-refractivity contribution in [2.45, 2.75) is 44.2 Å². The van der Waals surface area contributed by atoms with Gasteiger partial charge in [-0.3, -0.25) is 4.79 Å². The summed E-state index contributed by atoms with van der Waals surface area (Å²) in [5, 5.41) is 12.9. The molecule has 2 N–H and O–H groups in total. The third-order valence-corrected chi connectivity index (χ3v) is 5.29. The fourth-order valence-corrected chi connectivity index (χ4v) is 3.83. The first kappa shape index (κ1) is 16.5. The molecular weight excluding hydrogens is 319 g/mol. The lowest BCUT2D eigenvalue weighted by molar-refractivity contribution is -0.142. The van der Waals surface area contributed by atoms with Crippen LogP contribution in [0, 0.1) is 11.7 Å². The molecule has 4 nitrogen and oxygen atoms in total. The molecule has 2 aliphatic rings. The van der Waals surface area contributed by atoms with Crippen LogP contribution in [-0.4, -0.2) is 36.2 Å². The Morgan fingerprint density at radius 3 is 2.61 bits per heavy atom. The van der Waals surface area contributed by atoms with E-state index in [1.54, 1.807) is 12.1 Å². The summed E-state index contributed by atoms with van der Waals surface area (Å²) in [6.07, 6.45) is 4.41. The summed E-state index contributed by atoms with van der Waals surface area (Å²) >= 11 is 5.86. The first-order valence-corrected chi connectivity index (χ1v) is 8.59. The minimum atomic E-state index is -0.663. The molecule has 1 heterocycles. The zero-order valence-electron chi connectivity index (χ0n) is 13.0. The van der Waals surface area contributed by atoms with Crippen molar-refractivity contribution in [1.29, 1.82) is 0 Å². The summed E-state index contributed by atoms with van der Waals surface area (Å²) in [5.41, 5.74) is 0.954. The molecule has 6 heteroatoms. The lowest BCUT2D eigenvalue weighted by Crippen LogP contribution is -2.42. The Kier molecular flexibility index (Phi) is 5.07. The van der Waals surface area contributed by atoms with Crippen LogP contribution in [0.25, 0.3) is 0 Å². The molecule has 1 atom stereocenters. The van der Waals surface area contributed by atoms with Crippen LogP contribution in [0.3, 0.4) is 0 Å². The van der Waals surface area contributed by atoms with Crippen molar-refractivity contribution in [2.24, 2.45) is 5.92 Å². The summed E-state index contributed by atoms with van der Waals surface area (Å²) in [6, 6.07) is 5.66. The monoisotopic (exact) mass is 340 g/mol. The van der Waals surface area contributed by atoms with E-state index in [-0.39, 0.29) is 16.8 Å². The summed E-state index contributed by atoms with van der Waals surface area (Å²) < 4.78 is 13.3. The lowest BCUT2D eigenvalue weighted by Gasteiger charge is -2.29. The highest BCUT2D eigenvalue weighted by atomic mass is 35.5. The van der Waals surface area contributed by atoms with Gasteiger partial charge in [0.25, 0.3) is 0 Å². The molecule has 0 amide bonds. The molecule has 0 spiro atoms. The molecular formula is C17H22ClFN2O2. The molecule has 1 aromatic rings. The number of nitrogens with one attached hydrogen (secondary N) is 1. The Morgan fingerprint density at radius 2 is 1.96 bits per heavy atom. The second-order valence-electron chi connectivity index (χ2n) is 6.58. The van der Waals surface area contributed by atoms with Crippen molar-refractivity contribution in [3.63, 3.8) is 0 Å². The highest BCUT2D eigenvalue weighted by molar-refractivity contribution is 6.31. The predicted molar refractivity (Wildman–Crippen MR) is 88.5 cm³/mol. The smallest absolute Gasteiger partial charge is 0.306 e. The topological polar surface area (TPSA) is 52.6 Å². The molecule has 1 saturated heterocycles. The van der Waals surface area contributed by atoms with Crippen molar-refractivity contribution in [1.82, 2.24) is 5.32 Å². The number of rotatable bonds is 4. The van der Waals surface area contributed by atoms with Gasteiger partial charge in [0.1, 0.15) is 5.82 Å². The normalized spacial score (nSPS) is 28.1. The number of carbonyl (C=O) groups is 1. The zero-order chi connectivity index (χ0) is 16.4. The first-order valence-electron chi connectivity index (χ1n) is 8.22. The van der Waals surface area contributed by atoms with E-state index in [2.05, 4.69) is 10.2 Å². The molecule has 1 aromatic carbocycles. The summed E-state index contributed by atoms with van der Waals surface area (Å²) in [7, 11) is 0. The van der Waals surface area contributed by atoms with E-state index in [4.69, 9.17) is 16.7 Å². The molecule has 3 rings (SSSR count). The summed E-state index contributed by atoms with van der Waals surface area (Å²) in [4.78, 5) is 13.2. The van der Waals surface area contributed by atoms with Crippen molar-refractivity contribution in [3.8, 4) is 0 Å². The SMILES string of the molecule is O=C(O)C1CCC(NC2CCN(c3ccc(F)c(Cl)c3)C2)CC1. The number of aliphatic carboxylic acids is 1. The van der Waals surface area contributed by atoms with Gasteiger partial charge >= 0.3 is 5.97 Å². The molecule has 1 unspecified atom stereocenters. The molecule has 1 saturated carbocycles. The van der Waals surface area contributed by atoms with E-state index in [9.17, 15) is 9.18 Å². The van der Waals surface area contributed by atoms with Gasteiger partial charge in [0.2, 0.25) is 0 Å². The van der Waals surface area contributed by atoms with Gasteiger partial charge in [-0.05, 0) is 50.3 Å². The molecule has 0 bridgehead atoms. The Balaban J connectivity index is 1.50. The van der Waals surface area contributed by atoms with E-state index < -0.39 is 5.97 Å². The van der Waals surface area contributed by atoms with E-state index in [0.717, 1.165) is 50.9 Å². The second-order valence-corrected chi connectivity index (χ2v) is 6.99. The largest absolute Gasteiger partial charge is 0.481 e. The number of benzene rings is 1. The van der Waals surface area contributed by atoms with Gasteiger partial charge in [0.05, 0.1) is 10.9 Å². The van der Waals surface area contributed by atoms with Gasteiger partial charge in [0, 0.05) is 30.9 Å². The Bertz CT molecular complexity index is 576. The quantitative estimate of drug-likeness (QED) is 0.883. The van der Waals surface area contributed by atoms with Crippen LogP contribution in [0.1, 0.15) is 32.1 Å². The van der Waals surface area contributed by atoms with E-state index in [1.807, 2.05) is 0 Å². The number of carboxylic acid groups (broad SMARTS) is 1. The van der Waals surface area contributed by atoms with Gasteiger partial charge in [-0.15, -0.1) is 0 Å². The standard InChI is InChI=1S/C17H22ClFN2O2/c18-15-9-14(5-6-16(15)19)21-8-7-13(10-21)20-12-3-1-11(2-4-12)17(22)23/h5-6,9,11-13,20H,1-4,7-8,10H2,(H,22,23). The van der Waals surface area contributed by atoms with Crippen molar-refractivity contribution >= 4 is 23.3 Å². The number of anilines is 1. The van der Waals surface area contributed by atoms with E-state index in [0.29, 0.717) is 12.1 Å². The minimum absolute atomic E-state index is 0.158. The fourth-order valence-electron chi connectivity index (χ4n) is 3.65. The van der Waals surface area contributed by atoms with Gasteiger partial charge in [-0.1, -0.05) is 11.6 Å². The molecule has 1 aliphatic carbocycles. The lowest BCUT2D eigenvalue weighted by atomic mass is 9.86. The highest BCUT2D eigenvalue weighted by Gasteiger charge is 2.29. The van der Waals surface area contributed by atoms with Crippen molar-refractivity contribution < 1.29 is 14.3 Å². The zero-order valence-corrected chi connectivity index (χ0v) is 13.7. The van der Waals surface area contributed by atoms with Crippen LogP contribution in [-0.2, 0) is 4.79 Å². The second kappa shape index (κ2) is 7.05. The van der Waals surface area contributed by atoms with Crippen molar-refractivity contribution in [2.75, 3.05) is 18.0 Å². The maximum Gasteiger partial charge on any atom is 0.306 e. The van der Waals surface area contributed by atoms with Crippen LogP contribution in [0.5, 0.6) is 0 Å². The fraction of sp³-hybridized carbons (Fsp3) is 0.588. The molecule has 126 valence electrons. The minimum Gasteiger partial charge on any atom is -0.481 e. The van der Waals surface area contributed by atoms with Crippen LogP contribution >= 0.6 is 11.6 Å². The van der Waals surface area contributed by atoms with Crippen LogP contribution in [0.4, 0.5) is 10.1 Å². The molecule has 23 heavy (non-hydrogen) atoms. The average Bonchev–Trinajstić information content (AvgIpc) is 2.99. The Hall–Kier alpha value is -1.33. The maximum absolute atomic E-state index is 13.3. The third-order valence-electron chi connectivity index (χ3n) is 5.00. The number of hydrogen-bond donors (Lipinski definition) is 2. The van der Waals surface area contributed by atoms with Gasteiger partial charge in [-0.2, -0.15) is 0 Å². The highest BCUT2D eigenvalue weighted by Crippen LogP contribution is 2.28. The van der Waals surface area contributed by atoms with E-state index >= 15 is 0 Å². The number of carboxylic acids is 1. The number of hydrogen-bond acceptors (Lipinski definition) is 3. The predicted octanol–water partition coefficient (Wildman–Crippen LogP) is 3.29. The van der Waals surface area contributed by atoms with Gasteiger partial charge in [0.15, 0.2) is 0 Å². The number of halogens is 2. The Labute approximate surface area is 140 Å². The molecule has 1 aliphatic heterocycles. The van der Waals surface area contributed by atoms with Crippen LogP contribution < -0.4 is 10.2 Å². The number of nitrogens with zero attached hydrogens (tertiary/aromatic N) is 1. The first-order chi connectivity index (χ1) is 11.0. The summed E-state index contributed by atoms with van der Waals surface area (Å²) in [6.45, 7) is 1.80. The maximum atomic E-state index is 13.3. The van der Waals surface area contributed by atoms with Crippen molar-refractivity contribution in [3.05, 3.63) is 29.0 Å². The van der Waals surface area contributed by atoms with Crippen LogP contribution in [0.2, 0.25) is 5.02 Å². The summed E-state index contributed by atoms with van der Waals surface area (Å²) in [5.74, 6) is -1.22. The van der Waals surface area contributed by atoms with E-state index in [1.165, 1.54) is 6.07 Å². The average molecular weight is 341 g/mol. The van der Waals surface area contributed by atoms with Gasteiger partial charge < -0.3 is 15.3 Å². The Morgan fingerprint density at radius 1 is 1.22 bits per heavy atom. The van der Waals surface area contributed by atoms with Crippen LogP contribution in [0.15, 0.2) is 18.2 Å². The van der Waals surface area contributed by atoms with Gasteiger partial charge in [-0.25, -0.2) is 4.39 Å². The molecule has 2 fully saturated rings.